The van der Waals surface area contributed by atoms with Gasteiger partial charge in [-0.05, 0) is 63.8 Å². The molecule has 0 fully saturated rings. The maximum atomic E-state index is 6.42. The molecule has 2 aromatic carbocycles. The highest BCUT2D eigenvalue weighted by molar-refractivity contribution is 9.10. The monoisotopic (exact) mass is 358 g/mol. The third-order valence-electron chi connectivity index (χ3n) is 4.97. The summed E-state index contributed by atoms with van der Waals surface area (Å²) in [6.07, 6.45) is 0. The number of fused-ring (bicyclic) bond motifs is 1. The Kier molecular flexibility index (Phi) is 3.64. The van der Waals surface area contributed by atoms with Crippen molar-refractivity contribution in [3.63, 3.8) is 0 Å². The van der Waals surface area contributed by atoms with E-state index in [2.05, 4.69) is 81.7 Å². The normalized spacial score (nSPS) is 19.0. The highest BCUT2D eigenvalue weighted by Crippen LogP contribution is 2.53. The van der Waals surface area contributed by atoms with Gasteiger partial charge >= 0.3 is 0 Å². The number of halogens is 1. The van der Waals surface area contributed by atoms with E-state index in [9.17, 15) is 0 Å². The Labute approximate surface area is 141 Å². The number of ether oxygens (including phenoxy) is 1. The average molecular weight is 359 g/mol. The van der Waals surface area contributed by atoms with Gasteiger partial charge in [0.15, 0.2) is 0 Å². The number of rotatable bonds is 1. The van der Waals surface area contributed by atoms with Gasteiger partial charge in [-0.15, -0.1) is 0 Å². The molecule has 1 unspecified atom stereocenters. The molecule has 1 aliphatic heterocycles. The predicted molar refractivity (Wildman–Crippen MR) is 96.1 cm³/mol. The molecule has 2 aromatic rings. The predicted octanol–water partition coefficient (Wildman–Crippen LogP) is 5.99. The van der Waals surface area contributed by atoms with Crippen molar-refractivity contribution in [2.45, 2.75) is 53.1 Å². The van der Waals surface area contributed by atoms with Crippen LogP contribution in [0.3, 0.4) is 0 Å². The second kappa shape index (κ2) is 5.13. The van der Waals surface area contributed by atoms with Crippen LogP contribution in [-0.4, -0.2) is 5.60 Å². The summed E-state index contributed by atoms with van der Waals surface area (Å²) in [5, 5.41) is 0. The van der Waals surface area contributed by atoms with Gasteiger partial charge in [0, 0.05) is 10.0 Å². The van der Waals surface area contributed by atoms with Crippen LogP contribution in [0.5, 0.6) is 5.75 Å². The fraction of sp³-hybridized carbons (Fsp3) is 0.400. The van der Waals surface area contributed by atoms with E-state index in [0.717, 1.165) is 5.75 Å². The molecule has 22 heavy (non-hydrogen) atoms. The molecule has 0 N–H and O–H groups in total. The molecule has 0 spiro atoms. The number of aryl methyl sites for hydroxylation is 1. The summed E-state index contributed by atoms with van der Waals surface area (Å²) in [6.45, 7) is 13.0. The second-order valence-corrected chi connectivity index (χ2v) is 7.77. The van der Waals surface area contributed by atoms with Crippen LogP contribution in [0, 0.1) is 27.7 Å². The SMILES string of the molecule is Cc1ccc(C2c3c(C)c(Br)c(C)c(C)c3OC2(C)C)cc1. The zero-order valence-electron chi connectivity index (χ0n) is 14.2. The molecule has 0 saturated heterocycles. The van der Waals surface area contributed by atoms with E-state index in [1.165, 1.54) is 37.9 Å². The molecule has 1 atom stereocenters. The van der Waals surface area contributed by atoms with Crippen molar-refractivity contribution >= 4 is 15.9 Å². The minimum atomic E-state index is -0.236. The largest absolute Gasteiger partial charge is 0.486 e. The Hall–Kier alpha value is -1.28. The first-order valence-electron chi connectivity index (χ1n) is 7.78. The smallest absolute Gasteiger partial charge is 0.127 e. The minimum Gasteiger partial charge on any atom is -0.486 e. The van der Waals surface area contributed by atoms with Crippen molar-refractivity contribution < 1.29 is 4.74 Å². The molecular weight excluding hydrogens is 336 g/mol. The fourth-order valence-corrected chi connectivity index (χ4v) is 4.09. The van der Waals surface area contributed by atoms with E-state index in [4.69, 9.17) is 4.74 Å². The van der Waals surface area contributed by atoms with Crippen LogP contribution in [0.1, 0.15) is 53.1 Å². The summed E-state index contributed by atoms with van der Waals surface area (Å²) in [4.78, 5) is 0. The first-order valence-corrected chi connectivity index (χ1v) is 8.58. The van der Waals surface area contributed by atoms with Gasteiger partial charge in [0.05, 0.1) is 5.92 Å². The lowest BCUT2D eigenvalue weighted by molar-refractivity contribution is 0.121. The lowest BCUT2D eigenvalue weighted by Gasteiger charge is -2.27. The van der Waals surface area contributed by atoms with Crippen LogP contribution in [0.4, 0.5) is 0 Å². The van der Waals surface area contributed by atoms with Crippen molar-refractivity contribution in [3.8, 4) is 5.75 Å². The van der Waals surface area contributed by atoms with Crippen LogP contribution in [0.15, 0.2) is 28.7 Å². The molecule has 0 bridgehead atoms. The molecule has 1 nitrogen and oxygen atoms in total. The molecule has 0 saturated carbocycles. The van der Waals surface area contributed by atoms with Gasteiger partial charge in [0.25, 0.3) is 0 Å². The highest BCUT2D eigenvalue weighted by atomic mass is 79.9. The van der Waals surface area contributed by atoms with E-state index < -0.39 is 0 Å². The molecule has 1 heterocycles. The Morgan fingerprint density at radius 3 is 2.09 bits per heavy atom. The van der Waals surface area contributed by atoms with Gasteiger partial charge in [-0.3, -0.25) is 0 Å². The van der Waals surface area contributed by atoms with Crippen LogP contribution < -0.4 is 4.74 Å². The molecule has 0 aliphatic carbocycles. The third-order valence-corrected chi connectivity index (χ3v) is 6.16. The molecule has 116 valence electrons. The summed E-state index contributed by atoms with van der Waals surface area (Å²) in [5.74, 6) is 1.34. The Morgan fingerprint density at radius 2 is 1.50 bits per heavy atom. The maximum Gasteiger partial charge on any atom is 0.127 e. The van der Waals surface area contributed by atoms with Crippen molar-refractivity contribution in [1.82, 2.24) is 0 Å². The van der Waals surface area contributed by atoms with Crippen molar-refractivity contribution in [2.75, 3.05) is 0 Å². The number of hydrogen-bond acceptors (Lipinski definition) is 1. The molecule has 3 rings (SSSR count). The summed E-state index contributed by atoms with van der Waals surface area (Å²) in [7, 11) is 0. The average Bonchev–Trinajstić information content (AvgIpc) is 2.75. The van der Waals surface area contributed by atoms with Crippen LogP contribution >= 0.6 is 15.9 Å². The van der Waals surface area contributed by atoms with Gasteiger partial charge in [0.1, 0.15) is 11.4 Å². The van der Waals surface area contributed by atoms with E-state index in [1.807, 2.05) is 0 Å². The minimum absolute atomic E-state index is 0.236. The fourth-order valence-electron chi connectivity index (χ4n) is 3.58. The highest BCUT2D eigenvalue weighted by Gasteiger charge is 2.44. The molecule has 0 amide bonds. The van der Waals surface area contributed by atoms with Crippen LogP contribution in [-0.2, 0) is 0 Å². The Bertz CT molecular complexity index is 742. The van der Waals surface area contributed by atoms with Gasteiger partial charge < -0.3 is 4.74 Å². The zero-order valence-corrected chi connectivity index (χ0v) is 15.8. The van der Waals surface area contributed by atoms with Crippen molar-refractivity contribution in [1.29, 1.82) is 0 Å². The summed E-state index contributed by atoms with van der Waals surface area (Å²) in [6, 6.07) is 8.86. The molecule has 0 aromatic heterocycles. The Balaban J connectivity index is 2.28. The molecular formula is C20H23BrO. The molecule has 1 aliphatic rings. The first-order chi connectivity index (χ1) is 10.2. The second-order valence-electron chi connectivity index (χ2n) is 6.98. The van der Waals surface area contributed by atoms with E-state index >= 15 is 0 Å². The first kappa shape index (κ1) is 15.6. The van der Waals surface area contributed by atoms with Gasteiger partial charge in [-0.1, -0.05) is 45.8 Å². The van der Waals surface area contributed by atoms with Gasteiger partial charge in [-0.2, -0.15) is 0 Å². The van der Waals surface area contributed by atoms with Crippen molar-refractivity contribution in [2.24, 2.45) is 0 Å². The van der Waals surface area contributed by atoms with Gasteiger partial charge in [0.2, 0.25) is 0 Å². The van der Waals surface area contributed by atoms with E-state index in [-0.39, 0.29) is 11.5 Å². The topological polar surface area (TPSA) is 9.23 Å². The third kappa shape index (κ3) is 2.20. The quantitative estimate of drug-likeness (QED) is 0.608. The van der Waals surface area contributed by atoms with E-state index in [1.54, 1.807) is 0 Å². The van der Waals surface area contributed by atoms with Gasteiger partial charge in [-0.25, -0.2) is 0 Å². The maximum absolute atomic E-state index is 6.42. The lowest BCUT2D eigenvalue weighted by Crippen LogP contribution is -2.31. The standard InChI is InChI=1S/C20H23BrO/c1-11-7-9-15(10-8-11)17-16-14(4)18(21)12(2)13(3)19(16)22-20(17,5)6/h7-10,17H,1-6H3. The molecule has 2 heteroatoms. The molecule has 0 radical (unpaired) electrons. The summed E-state index contributed by atoms with van der Waals surface area (Å²) in [5.41, 5.74) is 7.54. The summed E-state index contributed by atoms with van der Waals surface area (Å²) < 4.78 is 7.63. The summed E-state index contributed by atoms with van der Waals surface area (Å²) >= 11 is 3.78. The number of hydrogen-bond donors (Lipinski definition) is 0. The Morgan fingerprint density at radius 1 is 0.909 bits per heavy atom. The van der Waals surface area contributed by atoms with Crippen LogP contribution in [0.2, 0.25) is 0 Å². The van der Waals surface area contributed by atoms with Crippen LogP contribution in [0.25, 0.3) is 0 Å². The van der Waals surface area contributed by atoms with Crippen molar-refractivity contribution in [3.05, 3.63) is 62.1 Å². The zero-order chi connectivity index (χ0) is 16.2. The number of benzene rings is 2. The van der Waals surface area contributed by atoms with E-state index in [0.29, 0.717) is 0 Å². The lowest BCUT2D eigenvalue weighted by atomic mass is 9.79.